The van der Waals surface area contributed by atoms with Gasteiger partial charge in [-0.15, -0.1) is 0 Å². The predicted molar refractivity (Wildman–Crippen MR) is 85.0 cm³/mol. The topological polar surface area (TPSA) is 115 Å². The van der Waals surface area contributed by atoms with Crippen LogP contribution >= 0.6 is 11.8 Å². The van der Waals surface area contributed by atoms with Crippen LogP contribution in [-0.2, 0) is 10.0 Å². The standard InChI is InChI=1S/C12H19N3O4S2/c1-8-5-9(13)10(15(16)17)6-11(8)21(18,19)14-7-12(2,3)20-4/h5-6,14H,7,13H2,1-4H3. The van der Waals surface area contributed by atoms with Gasteiger partial charge < -0.3 is 5.73 Å². The molecule has 0 bridgehead atoms. The Bertz CT molecular complexity index is 657. The van der Waals surface area contributed by atoms with Gasteiger partial charge in [-0.3, -0.25) is 10.1 Å². The van der Waals surface area contributed by atoms with Crippen LogP contribution < -0.4 is 10.5 Å². The summed E-state index contributed by atoms with van der Waals surface area (Å²) in [6.07, 6.45) is 1.88. The Morgan fingerprint density at radius 2 is 2.00 bits per heavy atom. The molecule has 1 aromatic carbocycles. The number of hydrogen-bond acceptors (Lipinski definition) is 6. The number of nitrogens with zero attached hydrogens (tertiary/aromatic N) is 1. The normalized spacial score (nSPS) is 12.4. The van der Waals surface area contributed by atoms with Gasteiger partial charge in [0.1, 0.15) is 5.69 Å². The van der Waals surface area contributed by atoms with E-state index in [9.17, 15) is 18.5 Å². The van der Waals surface area contributed by atoms with E-state index in [1.165, 1.54) is 17.8 Å². The van der Waals surface area contributed by atoms with Crippen LogP contribution in [0.3, 0.4) is 0 Å². The van der Waals surface area contributed by atoms with Crippen LogP contribution in [0.25, 0.3) is 0 Å². The van der Waals surface area contributed by atoms with Gasteiger partial charge in [0.2, 0.25) is 10.0 Å². The largest absolute Gasteiger partial charge is 0.393 e. The van der Waals surface area contributed by atoms with E-state index in [1.54, 1.807) is 6.92 Å². The van der Waals surface area contributed by atoms with E-state index in [-0.39, 0.29) is 21.9 Å². The molecule has 0 spiro atoms. The molecule has 118 valence electrons. The fourth-order valence-electron chi connectivity index (χ4n) is 1.57. The van der Waals surface area contributed by atoms with Gasteiger partial charge >= 0.3 is 0 Å². The highest BCUT2D eigenvalue weighted by Gasteiger charge is 2.25. The predicted octanol–water partition coefficient (Wildman–Crippen LogP) is 1.91. The van der Waals surface area contributed by atoms with Crippen LogP contribution in [0.15, 0.2) is 17.0 Å². The van der Waals surface area contributed by atoms with Crippen molar-refractivity contribution in [2.75, 3.05) is 18.5 Å². The fraction of sp³-hybridized carbons (Fsp3) is 0.500. The Labute approximate surface area is 128 Å². The lowest BCUT2D eigenvalue weighted by atomic mass is 10.2. The monoisotopic (exact) mass is 333 g/mol. The van der Waals surface area contributed by atoms with Crippen LogP contribution in [-0.4, -0.2) is 30.9 Å². The summed E-state index contributed by atoms with van der Waals surface area (Å²) in [5, 5.41) is 10.9. The van der Waals surface area contributed by atoms with Crippen molar-refractivity contribution in [3.63, 3.8) is 0 Å². The van der Waals surface area contributed by atoms with Crippen LogP contribution in [0.4, 0.5) is 11.4 Å². The Hall–Kier alpha value is -1.32. The van der Waals surface area contributed by atoms with Crippen LogP contribution in [0.5, 0.6) is 0 Å². The van der Waals surface area contributed by atoms with Crippen molar-refractivity contribution in [3.05, 3.63) is 27.8 Å². The molecule has 0 saturated carbocycles. The molecule has 1 rings (SSSR count). The first-order valence-corrected chi connectivity index (χ1v) is 8.80. The van der Waals surface area contributed by atoms with Crippen molar-refractivity contribution in [1.82, 2.24) is 4.72 Å². The minimum atomic E-state index is -3.83. The molecule has 0 aliphatic carbocycles. The maximum Gasteiger partial charge on any atom is 0.293 e. The average Bonchev–Trinajstić information content (AvgIpc) is 2.36. The lowest BCUT2D eigenvalue weighted by Crippen LogP contribution is -2.36. The first-order valence-electron chi connectivity index (χ1n) is 6.09. The minimum Gasteiger partial charge on any atom is -0.393 e. The number of nitro groups is 1. The van der Waals surface area contributed by atoms with Gasteiger partial charge in [-0.1, -0.05) is 0 Å². The number of sulfonamides is 1. The molecule has 9 heteroatoms. The number of anilines is 1. The molecule has 0 fully saturated rings. The zero-order valence-corrected chi connectivity index (χ0v) is 14.0. The zero-order chi connectivity index (χ0) is 16.4. The quantitative estimate of drug-likeness (QED) is 0.467. The third kappa shape index (κ3) is 4.32. The summed E-state index contributed by atoms with van der Waals surface area (Å²) in [6, 6.07) is 2.30. The van der Waals surface area contributed by atoms with Crippen molar-refractivity contribution < 1.29 is 13.3 Å². The summed E-state index contributed by atoms with van der Waals surface area (Å²) in [6.45, 7) is 5.57. The number of nitrogen functional groups attached to an aromatic ring is 1. The Balaban J connectivity index is 3.20. The summed E-state index contributed by atoms with van der Waals surface area (Å²) in [7, 11) is -3.83. The smallest absolute Gasteiger partial charge is 0.293 e. The van der Waals surface area contributed by atoms with E-state index in [0.717, 1.165) is 6.07 Å². The van der Waals surface area contributed by atoms with E-state index in [2.05, 4.69) is 4.72 Å². The molecule has 0 amide bonds. The molecule has 0 aromatic heterocycles. The number of nitrogens with one attached hydrogen (secondary N) is 1. The van der Waals surface area contributed by atoms with Gasteiger partial charge in [0.05, 0.1) is 9.82 Å². The SMILES string of the molecule is CSC(C)(C)CNS(=O)(=O)c1cc([N+](=O)[O-])c(N)cc1C. The van der Waals surface area contributed by atoms with Gasteiger partial charge in [0.25, 0.3) is 5.69 Å². The lowest BCUT2D eigenvalue weighted by Gasteiger charge is -2.22. The first-order chi connectivity index (χ1) is 9.50. The number of benzene rings is 1. The number of nitro benzene ring substituents is 1. The summed E-state index contributed by atoms with van der Waals surface area (Å²) >= 11 is 1.52. The van der Waals surface area contributed by atoms with Crippen molar-refractivity contribution in [2.24, 2.45) is 0 Å². The molecule has 0 atom stereocenters. The number of aryl methyl sites for hydroxylation is 1. The first kappa shape index (κ1) is 17.7. The number of thioether (sulfide) groups is 1. The average molecular weight is 333 g/mol. The van der Waals surface area contributed by atoms with E-state index in [0.29, 0.717) is 5.56 Å². The number of nitrogens with two attached hydrogens (primary N) is 1. The summed E-state index contributed by atoms with van der Waals surface area (Å²) < 4.78 is 26.8. The van der Waals surface area contributed by atoms with Crippen molar-refractivity contribution in [1.29, 1.82) is 0 Å². The van der Waals surface area contributed by atoms with E-state index >= 15 is 0 Å². The second kappa shape index (κ2) is 6.20. The highest BCUT2D eigenvalue weighted by atomic mass is 32.2. The van der Waals surface area contributed by atoms with Gasteiger partial charge in [-0.2, -0.15) is 11.8 Å². The van der Waals surface area contributed by atoms with Crippen molar-refractivity contribution in [2.45, 2.75) is 30.4 Å². The third-order valence-corrected chi connectivity index (χ3v) is 5.84. The molecule has 0 saturated heterocycles. The Morgan fingerprint density at radius 1 is 1.43 bits per heavy atom. The van der Waals surface area contributed by atoms with Gasteiger partial charge in [0, 0.05) is 17.4 Å². The molecule has 1 aromatic rings. The van der Waals surface area contributed by atoms with E-state index < -0.39 is 20.6 Å². The summed E-state index contributed by atoms with van der Waals surface area (Å²) in [5.41, 5.74) is 5.44. The Kier molecular flexibility index (Phi) is 5.24. The number of rotatable bonds is 6. The van der Waals surface area contributed by atoms with Gasteiger partial charge in [-0.05, 0) is 38.7 Å². The molecule has 21 heavy (non-hydrogen) atoms. The molecule has 0 radical (unpaired) electrons. The Morgan fingerprint density at radius 3 is 2.48 bits per heavy atom. The minimum absolute atomic E-state index is 0.0547. The molecule has 0 unspecified atom stereocenters. The van der Waals surface area contributed by atoms with Crippen LogP contribution in [0.1, 0.15) is 19.4 Å². The lowest BCUT2D eigenvalue weighted by molar-refractivity contribution is -0.384. The van der Waals surface area contributed by atoms with Crippen LogP contribution in [0.2, 0.25) is 0 Å². The second-order valence-corrected chi connectivity index (χ2v) is 8.47. The molecular formula is C12H19N3O4S2. The molecular weight excluding hydrogens is 314 g/mol. The highest BCUT2D eigenvalue weighted by molar-refractivity contribution is 8.00. The van der Waals surface area contributed by atoms with Gasteiger partial charge in [-0.25, -0.2) is 13.1 Å². The van der Waals surface area contributed by atoms with Crippen molar-refractivity contribution >= 4 is 33.2 Å². The van der Waals surface area contributed by atoms with Crippen molar-refractivity contribution in [3.8, 4) is 0 Å². The summed E-state index contributed by atoms with van der Waals surface area (Å²) in [4.78, 5) is 10.1. The third-order valence-electron chi connectivity index (χ3n) is 3.05. The fourth-order valence-corrected chi connectivity index (χ4v) is 3.33. The zero-order valence-electron chi connectivity index (χ0n) is 12.3. The molecule has 7 nitrogen and oxygen atoms in total. The van der Waals surface area contributed by atoms with E-state index in [1.807, 2.05) is 20.1 Å². The molecule has 0 aliphatic rings. The number of hydrogen-bond donors (Lipinski definition) is 2. The highest BCUT2D eigenvalue weighted by Crippen LogP contribution is 2.28. The van der Waals surface area contributed by atoms with Gasteiger partial charge in [0.15, 0.2) is 0 Å². The second-order valence-electron chi connectivity index (χ2n) is 5.22. The maximum absolute atomic E-state index is 12.3. The maximum atomic E-state index is 12.3. The van der Waals surface area contributed by atoms with E-state index in [4.69, 9.17) is 5.73 Å². The van der Waals surface area contributed by atoms with Crippen LogP contribution in [0, 0.1) is 17.0 Å². The molecule has 0 aliphatic heterocycles. The molecule has 0 heterocycles. The molecule has 3 N–H and O–H groups in total. The summed E-state index contributed by atoms with van der Waals surface area (Å²) in [5.74, 6) is 0.